The van der Waals surface area contributed by atoms with Crippen molar-refractivity contribution in [3.05, 3.63) is 249 Å². The third-order valence-corrected chi connectivity index (χ3v) is 12.4. The number of rotatable bonds is 9. The van der Waals surface area contributed by atoms with E-state index in [1.807, 2.05) is 12.1 Å². The molecule has 0 aliphatic carbocycles. The van der Waals surface area contributed by atoms with Gasteiger partial charge in [0.25, 0.3) is 0 Å². The van der Waals surface area contributed by atoms with Gasteiger partial charge in [0.2, 0.25) is 0 Å². The zero-order valence-electron chi connectivity index (χ0n) is 34.9. The Morgan fingerprint density at radius 1 is 0.266 bits per heavy atom. The number of benzene rings is 10. The van der Waals surface area contributed by atoms with E-state index >= 15 is 0 Å². The first-order valence-corrected chi connectivity index (χ1v) is 21.7. The summed E-state index contributed by atoms with van der Waals surface area (Å²) < 4.78 is 8.46. The lowest BCUT2D eigenvalue weighted by Crippen LogP contribution is -2.10. The van der Waals surface area contributed by atoms with E-state index < -0.39 is 0 Å². The third-order valence-electron chi connectivity index (χ3n) is 12.4. The summed E-state index contributed by atoms with van der Waals surface area (Å²) in [5, 5.41) is 4.72. The van der Waals surface area contributed by atoms with Crippen molar-refractivity contribution in [2.24, 2.45) is 0 Å². The number of furan rings is 1. The van der Waals surface area contributed by atoms with Crippen LogP contribution in [0.4, 0.5) is 34.1 Å². The predicted octanol–water partition coefficient (Wildman–Crippen LogP) is 17.0. The number of anilines is 6. The monoisotopic (exact) mass is 819 g/mol. The molecule has 0 unspecified atom stereocenters. The standard InChI is InChI=1S/C60H41N3O/c1-4-14-46(15-5-1)61(50-35-28-44(29-36-50)45-30-39-60-56(40-45)54-21-11-13-23-59(54)64-60)49-31-24-42(25-32-49)43-26-33-51(34-27-43)62(47-16-6-2-7-17-47)52-37-38-58-55(41-52)53-20-10-12-22-57(53)63(58)48-18-8-3-9-19-48/h1-41H. The van der Waals surface area contributed by atoms with Gasteiger partial charge in [0, 0.05) is 61.4 Å². The van der Waals surface area contributed by atoms with Crippen LogP contribution in [-0.2, 0) is 0 Å². The van der Waals surface area contributed by atoms with E-state index in [0.717, 1.165) is 84.0 Å². The van der Waals surface area contributed by atoms with E-state index in [0.29, 0.717) is 0 Å². The topological polar surface area (TPSA) is 24.6 Å². The Morgan fingerprint density at radius 2 is 0.688 bits per heavy atom. The van der Waals surface area contributed by atoms with Crippen molar-refractivity contribution in [1.29, 1.82) is 0 Å². The van der Waals surface area contributed by atoms with Crippen molar-refractivity contribution in [3.63, 3.8) is 0 Å². The molecule has 2 aromatic heterocycles. The van der Waals surface area contributed by atoms with Gasteiger partial charge in [-0.25, -0.2) is 0 Å². The molecule has 0 saturated heterocycles. The van der Waals surface area contributed by atoms with Crippen molar-refractivity contribution < 1.29 is 4.42 Å². The zero-order valence-corrected chi connectivity index (χ0v) is 34.9. The van der Waals surface area contributed by atoms with Gasteiger partial charge in [0.1, 0.15) is 11.2 Å². The van der Waals surface area contributed by atoms with Gasteiger partial charge >= 0.3 is 0 Å². The van der Waals surface area contributed by atoms with Crippen LogP contribution in [0.2, 0.25) is 0 Å². The zero-order chi connectivity index (χ0) is 42.4. The first-order valence-electron chi connectivity index (χ1n) is 21.7. The molecular formula is C60H41N3O. The van der Waals surface area contributed by atoms with Crippen LogP contribution in [0.1, 0.15) is 0 Å². The summed E-state index contributed by atoms with van der Waals surface area (Å²) in [6, 6.07) is 88.8. The van der Waals surface area contributed by atoms with E-state index in [1.54, 1.807) is 0 Å². The molecule has 10 aromatic carbocycles. The SMILES string of the molecule is c1ccc(N(c2ccc(-c3ccc(N(c4ccccc4)c4ccc5c(c4)c4ccccc4n5-c4ccccc4)cc3)cc2)c2ccc(-c3ccc4oc5ccccc5c4c3)cc2)cc1. The number of para-hydroxylation sites is 5. The van der Waals surface area contributed by atoms with Crippen molar-refractivity contribution in [3.8, 4) is 27.9 Å². The number of aromatic nitrogens is 1. The lowest BCUT2D eigenvalue weighted by molar-refractivity contribution is 0.669. The Morgan fingerprint density at radius 3 is 1.30 bits per heavy atom. The van der Waals surface area contributed by atoms with Gasteiger partial charge in [-0.1, -0.05) is 133 Å². The van der Waals surface area contributed by atoms with Gasteiger partial charge in [-0.2, -0.15) is 0 Å². The first-order chi connectivity index (χ1) is 31.7. The molecule has 0 N–H and O–H groups in total. The van der Waals surface area contributed by atoms with E-state index in [9.17, 15) is 0 Å². The summed E-state index contributed by atoms with van der Waals surface area (Å²) in [6.45, 7) is 0. The maximum absolute atomic E-state index is 6.10. The van der Waals surface area contributed by atoms with Gasteiger partial charge in [-0.15, -0.1) is 0 Å². The maximum Gasteiger partial charge on any atom is 0.135 e. The van der Waals surface area contributed by atoms with Crippen LogP contribution < -0.4 is 9.80 Å². The summed E-state index contributed by atoms with van der Waals surface area (Å²) in [5.74, 6) is 0. The molecule has 0 amide bonds. The van der Waals surface area contributed by atoms with E-state index in [-0.39, 0.29) is 0 Å². The Bertz CT molecular complexity index is 3580. The van der Waals surface area contributed by atoms with Gasteiger partial charge in [0.05, 0.1) is 11.0 Å². The van der Waals surface area contributed by atoms with Crippen LogP contribution in [-0.4, -0.2) is 4.57 Å². The van der Waals surface area contributed by atoms with E-state index in [4.69, 9.17) is 4.42 Å². The number of fused-ring (bicyclic) bond motifs is 6. The van der Waals surface area contributed by atoms with E-state index in [2.05, 4.69) is 251 Å². The molecule has 64 heavy (non-hydrogen) atoms. The van der Waals surface area contributed by atoms with Crippen molar-refractivity contribution in [2.75, 3.05) is 9.80 Å². The first kappa shape index (κ1) is 37.2. The van der Waals surface area contributed by atoms with Gasteiger partial charge < -0.3 is 18.8 Å². The highest BCUT2D eigenvalue weighted by Crippen LogP contribution is 2.42. The molecule has 12 rings (SSSR count). The molecule has 302 valence electrons. The highest BCUT2D eigenvalue weighted by Gasteiger charge is 2.18. The number of hydrogen-bond acceptors (Lipinski definition) is 3. The van der Waals surface area contributed by atoms with Gasteiger partial charge in [-0.05, 0) is 138 Å². The summed E-state index contributed by atoms with van der Waals surface area (Å²) in [6.07, 6.45) is 0. The average molecular weight is 820 g/mol. The van der Waals surface area contributed by atoms with Crippen molar-refractivity contribution in [2.45, 2.75) is 0 Å². The van der Waals surface area contributed by atoms with Crippen LogP contribution in [0.3, 0.4) is 0 Å². The Kier molecular flexibility index (Phi) is 9.12. The largest absolute Gasteiger partial charge is 0.456 e. The second-order valence-electron chi connectivity index (χ2n) is 16.2. The fraction of sp³-hybridized carbons (Fsp3) is 0. The molecular weight excluding hydrogens is 779 g/mol. The molecule has 4 heteroatoms. The molecule has 0 aliphatic rings. The molecule has 12 aromatic rings. The molecule has 0 aliphatic heterocycles. The fourth-order valence-electron chi connectivity index (χ4n) is 9.32. The average Bonchev–Trinajstić information content (AvgIpc) is 3.91. The number of hydrogen-bond donors (Lipinski definition) is 0. The lowest BCUT2D eigenvalue weighted by Gasteiger charge is -2.26. The highest BCUT2D eigenvalue weighted by molar-refractivity contribution is 6.11. The van der Waals surface area contributed by atoms with Crippen LogP contribution >= 0.6 is 0 Å². The fourth-order valence-corrected chi connectivity index (χ4v) is 9.32. The smallest absolute Gasteiger partial charge is 0.135 e. The minimum atomic E-state index is 0.906. The minimum absolute atomic E-state index is 0.906. The van der Waals surface area contributed by atoms with Crippen molar-refractivity contribution in [1.82, 2.24) is 4.57 Å². The van der Waals surface area contributed by atoms with E-state index in [1.165, 1.54) is 21.8 Å². The van der Waals surface area contributed by atoms with Crippen molar-refractivity contribution >= 4 is 77.9 Å². The second-order valence-corrected chi connectivity index (χ2v) is 16.2. The molecule has 4 nitrogen and oxygen atoms in total. The van der Waals surface area contributed by atoms with Crippen LogP contribution in [0.25, 0.3) is 71.7 Å². The summed E-state index contributed by atoms with van der Waals surface area (Å²) >= 11 is 0. The predicted molar refractivity (Wildman–Crippen MR) is 268 cm³/mol. The Balaban J connectivity index is 0.859. The van der Waals surface area contributed by atoms with Gasteiger partial charge in [0.15, 0.2) is 0 Å². The molecule has 2 heterocycles. The summed E-state index contributed by atoms with van der Waals surface area (Å²) in [7, 11) is 0. The third kappa shape index (κ3) is 6.57. The summed E-state index contributed by atoms with van der Waals surface area (Å²) in [5.41, 5.74) is 16.6. The second kappa shape index (κ2) is 15.7. The molecule has 0 atom stereocenters. The minimum Gasteiger partial charge on any atom is -0.456 e. The lowest BCUT2D eigenvalue weighted by atomic mass is 10.0. The Hall–Kier alpha value is -8.60. The molecule has 0 saturated carbocycles. The Labute approximate surface area is 371 Å². The molecule has 0 spiro atoms. The quantitative estimate of drug-likeness (QED) is 0.145. The number of nitrogens with zero attached hydrogens (tertiary/aromatic N) is 3. The van der Waals surface area contributed by atoms with Crippen LogP contribution in [0.15, 0.2) is 253 Å². The molecule has 0 fully saturated rings. The summed E-state index contributed by atoms with van der Waals surface area (Å²) in [4.78, 5) is 4.66. The molecule has 0 radical (unpaired) electrons. The van der Waals surface area contributed by atoms with Gasteiger partial charge in [-0.3, -0.25) is 0 Å². The highest BCUT2D eigenvalue weighted by atomic mass is 16.3. The van der Waals surface area contributed by atoms with Crippen LogP contribution in [0.5, 0.6) is 0 Å². The maximum atomic E-state index is 6.10. The van der Waals surface area contributed by atoms with Crippen LogP contribution in [0, 0.1) is 0 Å². The normalized spacial score (nSPS) is 11.4. The molecule has 0 bridgehead atoms.